The van der Waals surface area contributed by atoms with Crippen LogP contribution in [0.3, 0.4) is 0 Å². The van der Waals surface area contributed by atoms with Crippen LogP contribution in [-0.4, -0.2) is 33.9 Å². The van der Waals surface area contributed by atoms with Gasteiger partial charge in [-0.25, -0.2) is 9.97 Å². The first-order valence-electron chi connectivity index (χ1n) is 10.6. The fourth-order valence-electron chi connectivity index (χ4n) is 3.99. The van der Waals surface area contributed by atoms with Gasteiger partial charge in [0, 0.05) is 36.0 Å². The Bertz CT molecular complexity index is 992. The average molecular weight is 401 g/mol. The second-order valence-electron chi connectivity index (χ2n) is 8.06. The molecule has 1 aromatic heterocycles. The van der Waals surface area contributed by atoms with Gasteiger partial charge >= 0.3 is 0 Å². The minimum absolute atomic E-state index is 0.0946. The van der Waals surface area contributed by atoms with Crippen LogP contribution in [0.2, 0.25) is 0 Å². The van der Waals surface area contributed by atoms with Gasteiger partial charge in [0.1, 0.15) is 12.1 Å². The van der Waals surface area contributed by atoms with Crippen LogP contribution in [0.5, 0.6) is 0 Å². The minimum Gasteiger partial charge on any atom is -0.340 e. The lowest BCUT2D eigenvalue weighted by Crippen LogP contribution is -2.38. The van der Waals surface area contributed by atoms with Crippen molar-refractivity contribution in [2.45, 2.75) is 45.1 Å². The lowest BCUT2D eigenvalue weighted by atomic mass is 9.94. The number of carbonyl (C=O) groups is 1. The molecule has 0 bridgehead atoms. The van der Waals surface area contributed by atoms with E-state index in [0.29, 0.717) is 6.04 Å². The van der Waals surface area contributed by atoms with Crippen LogP contribution in [0, 0.1) is 6.92 Å². The number of amides is 1. The minimum atomic E-state index is 0.0946. The van der Waals surface area contributed by atoms with Crippen molar-refractivity contribution in [3.63, 3.8) is 0 Å². The number of nitrogens with zero attached hydrogens (tertiary/aromatic N) is 3. The van der Waals surface area contributed by atoms with Gasteiger partial charge in [0.05, 0.1) is 5.69 Å². The molecule has 0 spiro atoms. The van der Waals surface area contributed by atoms with Gasteiger partial charge in [-0.1, -0.05) is 49.1 Å². The Labute approximate surface area is 178 Å². The predicted octanol–water partition coefficient (Wildman–Crippen LogP) is 5.60. The highest BCUT2D eigenvalue weighted by Crippen LogP contribution is 2.24. The number of hydrogen-bond acceptors (Lipinski definition) is 4. The van der Waals surface area contributed by atoms with Gasteiger partial charge in [-0.05, 0) is 44.0 Å². The van der Waals surface area contributed by atoms with E-state index in [1.807, 2.05) is 42.3 Å². The molecule has 1 fully saturated rings. The van der Waals surface area contributed by atoms with Gasteiger partial charge < -0.3 is 10.2 Å². The summed E-state index contributed by atoms with van der Waals surface area (Å²) in [5, 5.41) is 3.31. The van der Waals surface area contributed by atoms with Crippen molar-refractivity contribution in [2.24, 2.45) is 0 Å². The van der Waals surface area contributed by atoms with E-state index in [1.54, 1.807) is 6.33 Å². The van der Waals surface area contributed by atoms with Crippen LogP contribution >= 0.6 is 0 Å². The molecule has 0 unspecified atom stereocenters. The molecule has 1 saturated carbocycles. The summed E-state index contributed by atoms with van der Waals surface area (Å²) < 4.78 is 0. The summed E-state index contributed by atoms with van der Waals surface area (Å²) in [7, 11) is 1.93. The molecule has 30 heavy (non-hydrogen) atoms. The molecule has 5 nitrogen and oxygen atoms in total. The second kappa shape index (κ2) is 9.08. The van der Waals surface area contributed by atoms with Crippen molar-refractivity contribution >= 4 is 17.4 Å². The molecule has 0 radical (unpaired) electrons. The molecule has 0 aliphatic heterocycles. The number of carbonyl (C=O) groups excluding carboxylic acids is 1. The molecule has 2 aromatic carbocycles. The van der Waals surface area contributed by atoms with Gasteiger partial charge in [-0.3, -0.25) is 4.79 Å². The van der Waals surface area contributed by atoms with Crippen LogP contribution in [0.4, 0.5) is 11.5 Å². The molecular formula is C25H28N4O. The normalized spacial score (nSPS) is 14.3. The second-order valence-corrected chi connectivity index (χ2v) is 8.06. The van der Waals surface area contributed by atoms with E-state index in [9.17, 15) is 4.79 Å². The number of aryl methyl sites for hydroxylation is 1. The van der Waals surface area contributed by atoms with E-state index < -0.39 is 0 Å². The third kappa shape index (κ3) is 4.67. The van der Waals surface area contributed by atoms with Gasteiger partial charge in [0.25, 0.3) is 5.91 Å². The summed E-state index contributed by atoms with van der Waals surface area (Å²) in [6.07, 6.45) is 7.50. The summed E-state index contributed by atoms with van der Waals surface area (Å²) >= 11 is 0. The fraction of sp³-hybridized carbons (Fsp3) is 0.320. The van der Waals surface area contributed by atoms with Gasteiger partial charge in [-0.2, -0.15) is 0 Å². The molecule has 3 aromatic rings. The first-order valence-corrected chi connectivity index (χ1v) is 10.6. The predicted molar refractivity (Wildman–Crippen MR) is 121 cm³/mol. The molecule has 1 heterocycles. The van der Waals surface area contributed by atoms with Gasteiger partial charge in [0.2, 0.25) is 0 Å². The zero-order valence-corrected chi connectivity index (χ0v) is 17.6. The van der Waals surface area contributed by atoms with Crippen molar-refractivity contribution in [1.82, 2.24) is 14.9 Å². The quantitative estimate of drug-likeness (QED) is 0.606. The SMILES string of the molecule is Cc1ccc(-c2cc(Nc3ccc(C(=O)N(C)C4CCCCC4)cc3)ncn2)cc1. The summed E-state index contributed by atoms with van der Waals surface area (Å²) in [6, 6.07) is 18.2. The molecule has 1 N–H and O–H groups in total. The van der Waals surface area contributed by atoms with E-state index in [0.717, 1.165) is 41.2 Å². The molecule has 1 aliphatic carbocycles. The standard InChI is InChI=1S/C25H28N4O/c1-18-8-10-19(11-9-18)23-16-24(27-17-26-23)28-21-14-12-20(13-15-21)25(30)29(2)22-6-4-3-5-7-22/h8-17,22H,3-7H2,1-2H3,(H,26,27,28). The summed E-state index contributed by atoms with van der Waals surface area (Å²) in [5.41, 5.74) is 4.75. The Kier molecular flexibility index (Phi) is 6.07. The Morgan fingerprint density at radius 2 is 1.67 bits per heavy atom. The zero-order valence-electron chi connectivity index (χ0n) is 17.6. The Morgan fingerprint density at radius 1 is 0.967 bits per heavy atom. The first kappa shape index (κ1) is 20.1. The number of benzene rings is 2. The van der Waals surface area contributed by atoms with E-state index >= 15 is 0 Å². The largest absolute Gasteiger partial charge is 0.340 e. The molecule has 4 rings (SSSR count). The molecule has 0 atom stereocenters. The van der Waals surface area contributed by atoms with Crippen molar-refractivity contribution in [3.05, 3.63) is 72.1 Å². The highest BCUT2D eigenvalue weighted by atomic mass is 16.2. The highest BCUT2D eigenvalue weighted by Gasteiger charge is 2.22. The van der Waals surface area contributed by atoms with Crippen LogP contribution in [0.15, 0.2) is 60.9 Å². The lowest BCUT2D eigenvalue weighted by Gasteiger charge is -2.31. The third-order valence-corrected chi connectivity index (χ3v) is 5.86. The van der Waals surface area contributed by atoms with E-state index in [2.05, 4.69) is 46.5 Å². The maximum atomic E-state index is 12.8. The summed E-state index contributed by atoms with van der Waals surface area (Å²) in [4.78, 5) is 23.4. The number of hydrogen-bond donors (Lipinski definition) is 1. The van der Waals surface area contributed by atoms with Gasteiger partial charge in [0.15, 0.2) is 0 Å². The fourth-order valence-corrected chi connectivity index (χ4v) is 3.99. The van der Waals surface area contributed by atoms with Crippen molar-refractivity contribution < 1.29 is 4.79 Å². The lowest BCUT2D eigenvalue weighted by molar-refractivity contribution is 0.0696. The maximum absolute atomic E-state index is 12.8. The van der Waals surface area contributed by atoms with E-state index in [-0.39, 0.29) is 5.91 Å². The first-order chi connectivity index (χ1) is 14.6. The van der Waals surface area contributed by atoms with E-state index in [1.165, 1.54) is 24.8 Å². The molecule has 154 valence electrons. The number of anilines is 2. The molecule has 0 saturated heterocycles. The van der Waals surface area contributed by atoms with Crippen molar-refractivity contribution in [1.29, 1.82) is 0 Å². The van der Waals surface area contributed by atoms with Crippen molar-refractivity contribution in [2.75, 3.05) is 12.4 Å². The Balaban J connectivity index is 1.44. The van der Waals surface area contributed by atoms with E-state index in [4.69, 9.17) is 0 Å². The third-order valence-electron chi connectivity index (χ3n) is 5.86. The number of aromatic nitrogens is 2. The average Bonchev–Trinajstić information content (AvgIpc) is 2.80. The monoisotopic (exact) mass is 400 g/mol. The molecule has 1 amide bonds. The Morgan fingerprint density at radius 3 is 2.37 bits per heavy atom. The smallest absolute Gasteiger partial charge is 0.253 e. The molecule has 5 heteroatoms. The Hall–Kier alpha value is -3.21. The van der Waals surface area contributed by atoms with Crippen LogP contribution in [0.25, 0.3) is 11.3 Å². The molecule has 1 aliphatic rings. The topological polar surface area (TPSA) is 58.1 Å². The van der Waals surface area contributed by atoms with Crippen LogP contribution < -0.4 is 5.32 Å². The highest BCUT2D eigenvalue weighted by molar-refractivity contribution is 5.94. The van der Waals surface area contributed by atoms with Crippen LogP contribution in [-0.2, 0) is 0 Å². The maximum Gasteiger partial charge on any atom is 0.253 e. The summed E-state index contributed by atoms with van der Waals surface area (Å²) in [5.74, 6) is 0.816. The number of rotatable bonds is 5. The zero-order chi connectivity index (χ0) is 20.9. The van der Waals surface area contributed by atoms with Gasteiger partial charge in [-0.15, -0.1) is 0 Å². The van der Waals surface area contributed by atoms with Crippen molar-refractivity contribution in [3.8, 4) is 11.3 Å². The number of nitrogens with one attached hydrogen (secondary N) is 1. The molecular weight excluding hydrogens is 372 g/mol. The summed E-state index contributed by atoms with van der Waals surface area (Å²) in [6.45, 7) is 2.07. The van der Waals surface area contributed by atoms with Crippen LogP contribution in [0.1, 0.15) is 48.0 Å².